The lowest BCUT2D eigenvalue weighted by Gasteiger charge is -2.06. The van der Waals surface area contributed by atoms with E-state index in [-0.39, 0.29) is 10.6 Å². The van der Waals surface area contributed by atoms with Gasteiger partial charge in [0.1, 0.15) is 10.1 Å². The molecule has 0 spiro atoms. The first kappa shape index (κ1) is 14.1. The molecule has 2 rings (SSSR count). The Morgan fingerprint density at radius 2 is 2.11 bits per heavy atom. The summed E-state index contributed by atoms with van der Waals surface area (Å²) in [6, 6.07) is 7.09. The van der Waals surface area contributed by atoms with Crippen molar-refractivity contribution in [1.82, 2.24) is 0 Å². The quantitative estimate of drug-likeness (QED) is 0.694. The van der Waals surface area contributed by atoms with Gasteiger partial charge in [-0.2, -0.15) is 0 Å². The van der Waals surface area contributed by atoms with Gasteiger partial charge in [-0.3, -0.25) is 4.72 Å². The highest BCUT2D eigenvalue weighted by molar-refractivity contribution is 7.93. The molecule has 0 aliphatic carbocycles. The largest absolute Gasteiger partial charge is 0.465 e. The molecule has 0 radical (unpaired) electrons. The number of sulfonamides is 1. The summed E-state index contributed by atoms with van der Waals surface area (Å²) in [7, 11) is -2.44. The highest BCUT2D eigenvalue weighted by Crippen LogP contribution is 2.36. The van der Waals surface area contributed by atoms with E-state index in [4.69, 9.17) is 11.6 Å². The van der Waals surface area contributed by atoms with Gasteiger partial charge in [0.15, 0.2) is 0 Å². The lowest BCUT2D eigenvalue weighted by atomic mass is 10.2. The Morgan fingerprint density at radius 3 is 2.74 bits per heavy atom. The Bertz CT molecular complexity index is 723. The summed E-state index contributed by atoms with van der Waals surface area (Å²) in [4.78, 5) is 11.9. The number of fused-ring (bicyclic) bond motifs is 1. The Balaban J connectivity index is 2.64. The predicted molar refractivity (Wildman–Crippen MR) is 76.4 cm³/mol. The molecule has 0 saturated heterocycles. The molecule has 1 aromatic heterocycles. The normalized spacial score (nSPS) is 11.5. The summed E-state index contributed by atoms with van der Waals surface area (Å²) in [5, 5.41) is 0.0548. The second-order valence-corrected chi connectivity index (χ2v) is 6.98. The van der Waals surface area contributed by atoms with Crippen LogP contribution < -0.4 is 4.72 Å². The highest BCUT2D eigenvalue weighted by atomic mass is 35.5. The number of nitrogens with one attached hydrogen (secondary N) is 1. The third-order valence-electron chi connectivity index (χ3n) is 2.37. The number of esters is 1. The summed E-state index contributed by atoms with van der Waals surface area (Å²) >= 11 is 6.53. The van der Waals surface area contributed by atoms with Crippen LogP contribution >= 0.6 is 22.9 Å². The molecule has 0 amide bonds. The fraction of sp³-hybridized carbons (Fsp3) is 0.182. The van der Waals surface area contributed by atoms with Crippen LogP contribution in [0.15, 0.2) is 24.3 Å². The van der Waals surface area contributed by atoms with Crippen molar-refractivity contribution in [3.8, 4) is 0 Å². The minimum Gasteiger partial charge on any atom is -0.465 e. The van der Waals surface area contributed by atoms with Crippen molar-refractivity contribution < 1.29 is 17.9 Å². The maximum Gasteiger partial charge on any atom is 0.350 e. The van der Waals surface area contributed by atoms with Crippen molar-refractivity contribution >= 4 is 54.7 Å². The molecule has 19 heavy (non-hydrogen) atoms. The standard InChI is InChI=1S/C11H10ClNO4S2/c1-17-11(14)10-9(13-19(15,16)6-12)7-4-2-3-5-8(7)18-10/h2-5,13H,6H2,1H3. The summed E-state index contributed by atoms with van der Waals surface area (Å²) in [5.41, 5.74) is 0.216. The fourth-order valence-electron chi connectivity index (χ4n) is 1.57. The molecule has 0 aliphatic rings. The van der Waals surface area contributed by atoms with Crippen molar-refractivity contribution in [2.24, 2.45) is 0 Å². The maximum atomic E-state index is 11.7. The average molecular weight is 320 g/mol. The van der Waals surface area contributed by atoms with Crippen molar-refractivity contribution in [1.29, 1.82) is 0 Å². The van der Waals surface area contributed by atoms with E-state index in [0.29, 0.717) is 5.39 Å². The SMILES string of the molecule is COC(=O)c1sc2ccccc2c1NS(=O)(=O)CCl. The fourth-order valence-corrected chi connectivity index (χ4v) is 3.45. The smallest absolute Gasteiger partial charge is 0.350 e. The van der Waals surface area contributed by atoms with Crippen LogP contribution in [0.1, 0.15) is 9.67 Å². The van der Waals surface area contributed by atoms with Crippen LogP contribution in [0.3, 0.4) is 0 Å². The van der Waals surface area contributed by atoms with Gasteiger partial charge in [-0.05, 0) is 6.07 Å². The number of hydrogen-bond acceptors (Lipinski definition) is 5. The number of hydrogen-bond donors (Lipinski definition) is 1. The maximum absolute atomic E-state index is 11.7. The van der Waals surface area contributed by atoms with Gasteiger partial charge >= 0.3 is 5.97 Å². The predicted octanol–water partition coefficient (Wildman–Crippen LogP) is 2.63. The van der Waals surface area contributed by atoms with Gasteiger partial charge in [0.2, 0.25) is 10.0 Å². The van der Waals surface area contributed by atoms with Gasteiger partial charge in [0.05, 0.1) is 12.8 Å². The van der Waals surface area contributed by atoms with Crippen LogP contribution in [0.4, 0.5) is 5.69 Å². The number of ether oxygens (including phenoxy) is 1. The van der Waals surface area contributed by atoms with Crippen molar-refractivity contribution in [3.05, 3.63) is 29.1 Å². The summed E-state index contributed by atoms with van der Waals surface area (Å²) < 4.78 is 30.9. The number of rotatable bonds is 4. The lowest BCUT2D eigenvalue weighted by molar-refractivity contribution is 0.0607. The number of carbonyl (C=O) groups is 1. The zero-order chi connectivity index (χ0) is 14.0. The molecule has 1 N–H and O–H groups in total. The van der Waals surface area contributed by atoms with Crippen LogP contribution in [0.2, 0.25) is 0 Å². The Morgan fingerprint density at radius 1 is 1.42 bits per heavy atom. The van der Waals surface area contributed by atoms with E-state index in [9.17, 15) is 13.2 Å². The molecular formula is C11H10ClNO4S2. The number of anilines is 1. The summed E-state index contributed by atoms with van der Waals surface area (Å²) in [6.45, 7) is 0. The van der Waals surface area contributed by atoms with E-state index in [0.717, 1.165) is 16.0 Å². The lowest BCUT2D eigenvalue weighted by Crippen LogP contribution is -2.15. The van der Waals surface area contributed by atoms with E-state index in [1.165, 1.54) is 7.11 Å². The molecule has 0 atom stereocenters. The molecule has 2 aromatic rings. The van der Waals surface area contributed by atoms with Crippen molar-refractivity contribution in [3.63, 3.8) is 0 Å². The highest BCUT2D eigenvalue weighted by Gasteiger charge is 2.22. The molecule has 0 unspecified atom stereocenters. The molecule has 8 heteroatoms. The van der Waals surface area contributed by atoms with Crippen molar-refractivity contribution in [2.45, 2.75) is 0 Å². The zero-order valence-corrected chi connectivity index (χ0v) is 12.2. The van der Waals surface area contributed by atoms with Gasteiger partial charge in [-0.25, -0.2) is 13.2 Å². The molecule has 1 heterocycles. The second-order valence-electron chi connectivity index (χ2n) is 3.62. The molecule has 0 bridgehead atoms. The number of benzene rings is 1. The van der Waals surface area contributed by atoms with Gasteiger partial charge in [0.25, 0.3) is 0 Å². The van der Waals surface area contributed by atoms with Crippen LogP contribution in [-0.2, 0) is 14.8 Å². The Labute approximate surface area is 119 Å². The number of halogens is 1. The van der Waals surface area contributed by atoms with E-state index in [2.05, 4.69) is 9.46 Å². The van der Waals surface area contributed by atoms with Gasteiger partial charge in [-0.1, -0.05) is 18.2 Å². The summed E-state index contributed by atoms with van der Waals surface area (Å²) in [5.74, 6) is -0.589. The molecule has 5 nitrogen and oxygen atoms in total. The summed E-state index contributed by atoms with van der Waals surface area (Å²) in [6.07, 6.45) is 0. The van der Waals surface area contributed by atoms with Crippen molar-refractivity contribution in [2.75, 3.05) is 17.0 Å². The number of carbonyl (C=O) groups excluding carboxylic acids is 1. The number of methoxy groups -OCH3 is 1. The van der Waals surface area contributed by atoms with E-state index >= 15 is 0 Å². The molecule has 0 fully saturated rings. The van der Waals surface area contributed by atoms with Crippen LogP contribution in [0.5, 0.6) is 0 Å². The van der Waals surface area contributed by atoms with Crippen LogP contribution in [-0.4, -0.2) is 26.7 Å². The first-order valence-electron chi connectivity index (χ1n) is 5.15. The number of alkyl halides is 1. The third-order valence-corrected chi connectivity index (χ3v) is 5.18. The van der Waals surface area contributed by atoms with Gasteiger partial charge in [0, 0.05) is 10.1 Å². The third kappa shape index (κ3) is 2.83. The van der Waals surface area contributed by atoms with Crippen LogP contribution in [0, 0.1) is 0 Å². The average Bonchev–Trinajstić information content (AvgIpc) is 2.76. The molecule has 1 aromatic carbocycles. The van der Waals surface area contributed by atoms with Gasteiger partial charge in [-0.15, -0.1) is 22.9 Å². The topological polar surface area (TPSA) is 72.5 Å². The minimum absolute atomic E-state index is 0.206. The molecular weight excluding hydrogens is 310 g/mol. The van der Waals surface area contributed by atoms with E-state index < -0.39 is 21.2 Å². The van der Waals surface area contributed by atoms with Crippen LogP contribution in [0.25, 0.3) is 10.1 Å². The molecule has 0 saturated carbocycles. The van der Waals surface area contributed by atoms with E-state index in [1.807, 2.05) is 0 Å². The Kier molecular flexibility index (Phi) is 3.98. The van der Waals surface area contributed by atoms with Gasteiger partial charge < -0.3 is 4.74 Å². The number of thiophene rings is 1. The monoisotopic (exact) mass is 319 g/mol. The molecule has 102 valence electrons. The van der Waals surface area contributed by atoms with E-state index in [1.54, 1.807) is 24.3 Å². The second kappa shape index (κ2) is 5.36. The molecule has 0 aliphatic heterocycles. The minimum atomic E-state index is -3.68. The Hall–Kier alpha value is -1.31. The first-order valence-corrected chi connectivity index (χ1v) is 8.15. The zero-order valence-electron chi connectivity index (χ0n) is 9.84. The first-order chi connectivity index (χ1) is 8.98.